The number of anilines is 1. The lowest BCUT2D eigenvalue weighted by molar-refractivity contribution is 0.630. The Kier molecular flexibility index (Phi) is 3.79. The summed E-state index contributed by atoms with van der Waals surface area (Å²) in [7, 11) is 0. The molecule has 3 aromatic rings. The van der Waals surface area contributed by atoms with Crippen molar-refractivity contribution in [1.29, 1.82) is 0 Å². The fourth-order valence-electron chi connectivity index (χ4n) is 2.60. The van der Waals surface area contributed by atoms with Crippen LogP contribution in [0.25, 0.3) is 16.9 Å². The smallest absolute Gasteiger partial charge is 0.154 e. The summed E-state index contributed by atoms with van der Waals surface area (Å²) in [5.41, 5.74) is 2.82. The Hall–Kier alpha value is -2.43. The lowest BCUT2D eigenvalue weighted by atomic mass is 10.0. The molecular formula is C17H19FN4. The van der Waals surface area contributed by atoms with Gasteiger partial charge in [-0.1, -0.05) is 26.0 Å². The first-order valence-corrected chi connectivity index (χ1v) is 7.50. The predicted molar refractivity (Wildman–Crippen MR) is 86.6 cm³/mol. The van der Waals surface area contributed by atoms with E-state index in [-0.39, 0.29) is 11.7 Å². The predicted octanol–water partition coefficient (Wildman–Crippen LogP) is 4.09. The second-order valence-corrected chi connectivity index (χ2v) is 5.50. The molecule has 3 rings (SSSR count). The highest BCUT2D eigenvalue weighted by molar-refractivity contribution is 5.67. The molecule has 4 nitrogen and oxygen atoms in total. The molecule has 0 radical (unpaired) electrons. The third-order valence-corrected chi connectivity index (χ3v) is 3.55. The summed E-state index contributed by atoms with van der Waals surface area (Å²) in [6, 6.07) is 10.5. The van der Waals surface area contributed by atoms with Crippen LogP contribution in [0, 0.1) is 5.82 Å². The average molecular weight is 298 g/mol. The number of nitrogens with zero attached hydrogens (tertiary/aromatic N) is 3. The van der Waals surface area contributed by atoms with Crippen LogP contribution in [-0.2, 0) is 0 Å². The second-order valence-electron chi connectivity index (χ2n) is 5.50. The fourth-order valence-corrected chi connectivity index (χ4v) is 2.60. The van der Waals surface area contributed by atoms with E-state index in [1.54, 1.807) is 12.1 Å². The zero-order valence-electron chi connectivity index (χ0n) is 13.0. The number of fused-ring (bicyclic) bond motifs is 1. The largest absolute Gasteiger partial charge is 0.369 e. The average Bonchev–Trinajstić information content (AvgIpc) is 2.86. The molecule has 0 fully saturated rings. The van der Waals surface area contributed by atoms with Crippen molar-refractivity contribution in [1.82, 2.24) is 14.6 Å². The molecule has 1 N–H and O–H groups in total. The van der Waals surface area contributed by atoms with Crippen LogP contribution >= 0.6 is 0 Å². The summed E-state index contributed by atoms with van der Waals surface area (Å²) in [6.07, 6.45) is 0. The van der Waals surface area contributed by atoms with Gasteiger partial charge in [-0.25, -0.2) is 13.9 Å². The van der Waals surface area contributed by atoms with Gasteiger partial charge in [-0.3, -0.25) is 0 Å². The van der Waals surface area contributed by atoms with Crippen LogP contribution in [0.1, 0.15) is 32.4 Å². The van der Waals surface area contributed by atoms with Gasteiger partial charge in [0.2, 0.25) is 0 Å². The lowest BCUT2D eigenvalue weighted by Gasteiger charge is -2.09. The fraction of sp³-hybridized carbons (Fsp3) is 0.294. The van der Waals surface area contributed by atoms with Crippen molar-refractivity contribution in [3.05, 3.63) is 47.9 Å². The monoisotopic (exact) mass is 298 g/mol. The van der Waals surface area contributed by atoms with Gasteiger partial charge in [0.15, 0.2) is 5.65 Å². The number of benzene rings is 1. The number of nitrogens with one attached hydrogen (secondary N) is 1. The topological polar surface area (TPSA) is 42.2 Å². The van der Waals surface area contributed by atoms with E-state index in [4.69, 9.17) is 0 Å². The normalized spacial score (nSPS) is 11.3. The minimum Gasteiger partial charge on any atom is -0.369 e. The Labute approximate surface area is 129 Å². The maximum Gasteiger partial charge on any atom is 0.154 e. The first kappa shape index (κ1) is 14.5. The molecule has 0 unspecified atom stereocenters. The summed E-state index contributed by atoms with van der Waals surface area (Å²) >= 11 is 0. The van der Waals surface area contributed by atoms with E-state index < -0.39 is 0 Å². The highest BCUT2D eigenvalue weighted by Gasteiger charge is 2.20. The SMILES string of the molecule is CCNc1ccc2nc(-c3ccccc3F)c(C(C)C)n2n1. The number of aromatic nitrogens is 3. The Balaban J connectivity index is 2.26. The Bertz CT molecular complexity index is 808. The highest BCUT2D eigenvalue weighted by atomic mass is 19.1. The number of hydrogen-bond donors (Lipinski definition) is 1. The standard InChI is InChI=1S/C17H19FN4/c1-4-19-14-9-10-15-20-16(12-7-5-6-8-13(12)18)17(11(2)3)22(15)21-14/h5-11H,4H2,1-3H3,(H,19,21). The summed E-state index contributed by atoms with van der Waals surface area (Å²) in [4.78, 5) is 4.60. The molecular weight excluding hydrogens is 279 g/mol. The molecule has 5 heteroatoms. The summed E-state index contributed by atoms with van der Waals surface area (Å²) in [5, 5.41) is 7.78. The minimum atomic E-state index is -0.264. The Morgan fingerprint density at radius 1 is 1.18 bits per heavy atom. The molecule has 0 saturated heterocycles. The highest BCUT2D eigenvalue weighted by Crippen LogP contribution is 2.31. The van der Waals surface area contributed by atoms with E-state index in [2.05, 4.69) is 29.2 Å². The number of halogens is 1. The third-order valence-electron chi connectivity index (χ3n) is 3.55. The second kappa shape index (κ2) is 5.75. The van der Waals surface area contributed by atoms with E-state index in [0.717, 1.165) is 23.7 Å². The van der Waals surface area contributed by atoms with Gasteiger partial charge in [-0.2, -0.15) is 0 Å². The third kappa shape index (κ3) is 2.43. The van der Waals surface area contributed by atoms with Crippen molar-refractivity contribution >= 4 is 11.5 Å². The van der Waals surface area contributed by atoms with Crippen LogP contribution in [0.15, 0.2) is 36.4 Å². The van der Waals surface area contributed by atoms with Gasteiger partial charge in [0, 0.05) is 12.1 Å². The van der Waals surface area contributed by atoms with Crippen LogP contribution in [-0.4, -0.2) is 21.1 Å². The summed E-state index contributed by atoms with van der Waals surface area (Å²) < 4.78 is 16.0. The summed E-state index contributed by atoms with van der Waals surface area (Å²) in [5.74, 6) is 0.697. The van der Waals surface area contributed by atoms with Crippen LogP contribution in [0.3, 0.4) is 0 Å². The van der Waals surface area contributed by atoms with Crippen molar-refractivity contribution in [2.24, 2.45) is 0 Å². The first-order chi connectivity index (χ1) is 10.6. The molecule has 0 amide bonds. The van der Waals surface area contributed by atoms with Gasteiger partial charge in [0.1, 0.15) is 11.6 Å². The van der Waals surface area contributed by atoms with Gasteiger partial charge < -0.3 is 5.32 Å². The van der Waals surface area contributed by atoms with Crippen LogP contribution in [0.4, 0.5) is 10.2 Å². The van der Waals surface area contributed by atoms with Crippen molar-refractivity contribution in [3.8, 4) is 11.3 Å². The number of rotatable bonds is 4. The van der Waals surface area contributed by atoms with Crippen LogP contribution in [0.5, 0.6) is 0 Å². The van der Waals surface area contributed by atoms with E-state index in [9.17, 15) is 4.39 Å². The lowest BCUT2D eigenvalue weighted by Crippen LogP contribution is -2.05. The molecule has 0 saturated carbocycles. The first-order valence-electron chi connectivity index (χ1n) is 7.50. The zero-order chi connectivity index (χ0) is 15.7. The maximum atomic E-state index is 14.2. The minimum absolute atomic E-state index is 0.175. The quantitative estimate of drug-likeness (QED) is 0.789. The molecule has 0 aliphatic rings. The van der Waals surface area contributed by atoms with Crippen LogP contribution in [0.2, 0.25) is 0 Å². The van der Waals surface area contributed by atoms with Crippen molar-refractivity contribution in [3.63, 3.8) is 0 Å². The molecule has 0 atom stereocenters. The molecule has 0 aliphatic heterocycles. The molecule has 0 bridgehead atoms. The summed E-state index contributed by atoms with van der Waals surface area (Å²) in [6.45, 7) is 6.95. The van der Waals surface area contributed by atoms with Gasteiger partial charge in [0.25, 0.3) is 0 Å². The van der Waals surface area contributed by atoms with E-state index in [1.165, 1.54) is 6.07 Å². The molecule has 2 aromatic heterocycles. The van der Waals surface area contributed by atoms with E-state index in [0.29, 0.717) is 11.3 Å². The molecule has 1 aromatic carbocycles. The molecule has 0 spiro atoms. The number of imidazole rings is 1. The number of hydrogen-bond acceptors (Lipinski definition) is 3. The van der Waals surface area contributed by atoms with E-state index in [1.807, 2.05) is 29.6 Å². The van der Waals surface area contributed by atoms with Crippen LogP contribution < -0.4 is 5.32 Å². The Morgan fingerprint density at radius 3 is 2.64 bits per heavy atom. The molecule has 22 heavy (non-hydrogen) atoms. The molecule has 114 valence electrons. The van der Waals surface area contributed by atoms with Gasteiger partial charge in [-0.15, -0.1) is 5.10 Å². The van der Waals surface area contributed by atoms with Crippen molar-refractivity contribution < 1.29 is 4.39 Å². The van der Waals surface area contributed by atoms with Gasteiger partial charge in [0.05, 0.1) is 11.4 Å². The molecule has 2 heterocycles. The van der Waals surface area contributed by atoms with Crippen molar-refractivity contribution in [2.75, 3.05) is 11.9 Å². The molecule has 0 aliphatic carbocycles. The maximum absolute atomic E-state index is 14.2. The van der Waals surface area contributed by atoms with Gasteiger partial charge in [-0.05, 0) is 37.1 Å². The Morgan fingerprint density at radius 2 is 1.95 bits per heavy atom. The van der Waals surface area contributed by atoms with E-state index >= 15 is 0 Å². The zero-order valence-corrected chi connectivity index (χ0v) is 13.0. The van der Waals surface area contributed by atoms with Gasteiger partial charge >= 0.3 is 0 Å². The van der Waals surface area contributed by atoms with Crippen molar-refractivity contribution in [2.45, 2.75) is 26.7 Å².